The summed E-state index contributed by atoms with van der Waals surface area (Å²) in [6.07, 6.45) is 2.01. The number of carboxylic acid groups (broad SMARTS) is 1. The Hall–Kier alpha value is -4.13. The topological polar surface area (TPSA) is 218 Å². The van der Waals surface area contributed by atoms with Crippen LogP contribution in [0.4, 0.5) is 10.1 Å². The van der Waals surface area contributed by atoms with Crippen molar-refractivity contribution in [3.63, 3.8) is 0 Å². The fraction of sp³-hybridized carbons (Fsp3) is 0.524. The third-order valence-electron chi connectivity index (χ3n) is 13.3. The van der Waals surface area contributed by atoms with Crippen LogP contribution in [0.2, 0.25) is 0 Å². The number of anilines is 1. The van der Waals surface area contributed by atoms with Crippen molar-refractivity contribution >= 4 is 68.2 Å². The van der Waals surface area contributed by atoms with Crippen LogP contribution in [0.25, 0.3) is 0 Å². The number of halogens is 2. The number of Topliss-reactive ketones (excluding diaryl/α,β-unsaturated/α-hetero) is 1. The number of aliphatic carboxylic acids is 1. The number of hydrogen-bond acceptors (Lipinski definition) is 11. The normalized spacial score (nSPS) is 33.4. The van der Waals surface area contributed by atoms with Gasteiger partial charge in [0.05, 0.1) is 24.1 Å². The Morgan fingerprint density at radius 1 is 1.12 bits per heavy atom. The Balaban J connectivity index is 1.05. The minimum Gasteiger partial charge on any atom is -0.481 e. The number of alkyl halides is 2. The highest BCUT2D eigenvalue weighted by atomic mass is 79.9. The molecule has 2 aromatic rings. The van der Waals surface area contributed by atoms with Gasteiger partial charge in [-0.1, -0.05) is 46.6 Å². The van der Waals surface area contributed by atoms with E-state index in [-0.39, 0.29) is 43.3 Å². The van der Waals surface area contributed by atoms with E-state index in [0.717, 1.165) is 10.4 Å². The van der Waals surface area contributed by atoms with Gasteiger partial charge in [0, 0.05) is 45.7 Å². The maximum Gasteiger partial charge on any atom is 0.303 e. The zero-order valence-electron chi connectivity index (χ0n) is 32.5. The van der Waals surface area contributed by atoms with E-state index in [1.807, 2.05) is 24.4 Å². The van der Waals surface area contributed by atoms with Crippen molar-refractivity contribution in [2.75, 3.05) is 23.8 Å². The van der Waals surface area contributed by atoms with Crippen LogP contribution in [0.1, 0.15) is 74.7 Å². The summed E-state index contributed by atoms with van der Waals surface area (Å²) < 4.78 is 30.9. The van der Waals surface area contributed by atoms with Crippen molar-refractivity contribution in [1.82, 2.24) is 10.6 Å². The molecule has 1 saturated heterocycles. The first-order chi connectivity index (χ1) is 28.0. The molecule has 3 saturated carbocycles. The fourth-order valence-corrected chi connectivity index (χ4v) is 11.7. The number of carboxylic acids is 1. The van der Waals surface area contributed by atoms with E-state index in [9.17, 15) is 44.1 Å². The maximum absolute atomic E-state index is 17.7. The average molecular weight is 901 g/mol. The van der Waals surface area contributed by atoms with Crippen molar-refractivity contribution in [2.45, 2.75) is 94.6 Å². The van der Waals surface area contributed by atoms with Gasteiger partial charge >= 0.3 is 5.97 Å². The molecule has 0 bridgehead atoms. The average Bonchev–Trinajstić information content (AvgIpc) is 3.89. The summed E-state index contributed by atoms with van der Waals surface area (Å²) in [6.45, 7) is 2.36. The fourth-order valence-electron chi connectivity index (χ4n) is 10.5. The molecule has 6 N–H and O–H groups in total. The van der Waals surface area contributed by atoms with E-state index >= 15 is 4.39 Å². The molecule has 4 fully saturated rings. The SMILES string of the molecule is C[C@]12C=CC(=O)C=C1CC[C@H]1[C@@H]3C[C@H]4O[C@@H](c5csc(Cc6cccc(NC(=O)[C@H](CCC(=O)O)NC(=O)CNC(=O)CBr)c6)c5)O[C@@]4(C(=O)CO)[C@@]3(C)C[C@H](O)[C@@]12F. The Morgan fingerprint density at radius 3 is 2.63 bits per heavy atom. The molecule has 3 amide bonds. The Labute approximate surface area is 352 Å². The standard InChI is InChI=1S/C42H47BrFN3O11S/c1-39-11-10-26(49)15-24(39)6-7-28-29-16-33-42(32(51)20-48,40(29,2)17-31(50)41(28,39)44)58-38(57-33)23-14-27(59-21-23)13-22-4-3-5-25(12-22)46-37(56)30(8-9-36(54)55)47-35(53)19-45-34(52)18-43/h3-5,10-12,14-15,21,28-31,33,38,48,50H,6-9,13,16-20H2,1-2H3,(H,45,52)(H,46,56)(H,47,53)(H,54,55)/t28-,29-,30-,31-,33+,38+,39-,40-,41-,42+/m0/s1. The van der Waals surface area contributed by atoms with E-state index < -0.39 is 94.6 Å². The molecule has 0 radical (unpaired) electrons. The predicted molar refractivity (Wildman–Crippen MR) is 215 cm³/mol. The van der Waals surface area contributed by atoms with Crippen LogP contribution in [-0.4, -0.2) is 98.6 Å². The van der Waals surface area contributed by atoms with Gasteiger partial charge in [-0.2, -0.15) is 0 Å². The largest absolute Gasteiger partial charge is 0.481 e. The molecule has 10 atom stereocenters. The number of hydrogen-bond donors (Lipinski definition) is 6. The summed E-state index contributed by atoms with van der Waals surface area (Å²) in [5.74, 6) is -4.75. The second kappa shape index (κ2) is 16.4. The molecule has 4 aliphatic carbocycles. The van der Waals surface area contributed by atoms with E-state index in [1.54, 1.807) is 31.2 Å². The molecule has 1 aromatic heterocycles. The molecule has 17 heteroatoms. The number of aliphatic hydroxyl groups excluding tert-OH is 2. The third-order valence-corrected chi connectivity index (χ3v) is 14.8. The third kappa shape index (κ3) is 7.41. The van der Waals surface area contributed by atoms with Gasteiger partial charge in [-0.05, 0) is 86.2 Å². The number of ketones is 2. The molecule has 5 aliphatic rings. The van der Waals surface area contributed by atoms with Crippen molar-refractivity contribution < 1.29 is 58.0 Å². The number of carbonyl (C=O) groups excluding carboxylic acids is 5. The number of rotatable bonds is 14. The first kappa shape index (κ1) is 43.0. The van der Waals surface area contributed by atoms with E-state index in [2.05, 4.69) is 31.9 Å². The second-order valence-electron chi connectivity index (χ2n) is 16.6. The number of carbonyl (C=O) groups is 6. The van der Waals surface area contributed by atoms with Gasteiger partial charge in [-0.3, -0.25) is 28.8 Å². The zero-order valence-corrected chi connectivity index (χ0v) is 34.9. The van der Waals surface area contributed by atoms with Crippen LogP contribution in [0.5, 0.6) is 0 Å². The molecule has 316 valence electrons. The van der Waals surface area contributed by atoms with E-state index in [1.165, 1.54) is 23.5 Å². The molecule has 0 unspecified atom stereocenters. The summed E-state index contributed by atoms with van der Waals surface area (Å²) in [6, 6.07) is 7.71. The van der Waals surface area contributed by atoms with Gasteiger partial charge < -0.3 is 40.7 Å². The van der Waals surface area contributed by atoms with Crippen LogP contribution in [0, 0.1) is 22.7 Å². The minimum atomic E-state index is -2.10. The van der Waals surface area contributed by atoms with Gasteiger partial charge in [0.2, 0.25) is 17.7 Å². The van der Waals surface area contributed by atoms with Gasteiger partial charge in [0.25, 0.3) is 0 Å². The summed E-state index contributed by atoms with van der Waals surface area (Å²) >= 11 is 4.41. The first-order valence-corrected chi connectivity index (χ1v) is 21.6. The number of ether oxygens (including phenoxy) is 2. The second-order valence-corrected chi connectivity index (χ2v) is 18.1. The molecule has 1 aliphatic heterocycles. The molecule has 14 nitrogen and oxygen atoms in total. The highest BCUT2D eigenvalue weighted by Crippen LogP contribution is 2.72. The lowest BCUT2D eigenvalue weighted by Gasteiger charge is -2.62. The molecular weight excluding hydrogens is 853 g/mol. The van der Waals surface area contributed by atoms with E-state index in [4.69, 9.17) is 9.47 Å². The Bertz CT molecular complexity index is 2130. The number of fused-ring (bicyclic) bond motifs is 7. The van der Waals surface area contributed by atoms with Crippen molar-refractivity contribution in [2.24, 2.45) is 22.7 Å². The van der Waals surface area contributed by atoms with Gasteiger partial charge in [0.1, 0.15) is 12.6 Å². The van der Waals surface area contributed by atoms with E-state index in [0.29, 0.717) is 36.1 Å². The number of benzene rings is 1. The maximum atomic E-state index is 17.7. The lowest BCUT2D eigenvalue weighted by Crippen LogP contribution is -2.69. The van der Waals surface area contributed by atoms with Crippen LogP contribution >= 0.6 is 27.3 Å². The molecule has 59 heavy (non-hydrogen) atoms. The number of nitrogens with one attached hydrogen (secondary N) is 3. The molecule has 7 rings (SSSR count). The molecule has 1 aromatic carbocycles. The molecular formula is C42H47BrFN3O11S. The number of allylic oxidation sites excluding steroid dienone is 4. The molecule has 0 spiro atoms. The number of aliphatic hydroxyl groups is 2. The summed E-state index contributed by atoms with van der Waals surface area (Å²) in [5, 5.41) is 40.8. The highest BCUT2D eigenvalue weighted by Gasteiger charge is 2.79. The lowest BCUT2D eigenvalue weighted by molar-refractivity contribution is -0.231. The van der Waals surface area contributed by atoms with Crippen LogP contribution in [0.15, 0.2) is 59.5 Å². The highest BCUT2D eigenvalue weighted by molar-refractivity contribution is 9.09. The predicted octanol–water partition coefficient (Wildman–Crippen LogP) is 3.83. The lowest BCUT2D eigenvalue weighted by atomic mass is 9.44. The monoisotopic (exact) mass is 899 g/mol. The number of amides is 3. The van der Waals surface area contributed by atoms with Crippen molar-refractivity contribution in [3.8, 4) is 0 Å². The first-order valence-electron chi connectivity index (χ1n) is 19.6. The van der Waals surface area contributed by atoms with Crippen LogP contribution in [-0.2, 0) is 44.7 Å². The molecule has 2 heterocycles. The minimum absolute atomic E-state index is 0.0138. The Kier molecular flexibility index (Phi) is 11.9. The summed E-state index contributed by atoms with van der Waals surface area (Å²) in [4.78, 5) is 75.5. The summed E-state index contributed by atoms with van der Waals surface area (Å²) in [5.41, 5.74) is -3.51. The Morgan fingerprint density at radius 2 is 1.90 bits per heavy atom. The van der Waals surface area contributed by atoms with Crippen LogP contribution in [0.3, 0.4) is 0 Å². The van der Waals surface area contributed by atoms with Crippen molar-refractivity contribution in [3.05, 3.63) is 75.5 Å². The zero-order chi connectivity index (χ0) is 42.5. The number of thiophene rings is 1. The van der Waals surface area contributed by atoms with Gasteiger partial charge in [-0.15, -0.1) is 11.3 Å². The quantitative estimate of drug-likeness (QED) is 0.150. The van der Waals surface area contributed by atoms with Gasteiger partial charge in [-0.25, -0.2) is 4.39 Å². The van der Waals surface area contributed by atoms with Crippen LogP contribution < -0.4 is 16.0 Å². The van der Waals surface area contributed by atoms with Gasteiger partial charge in [0.15, 0.2) is 29.1 Å². The smallest absolute Gasteiger partial charge is 0.303 e. The van der Waals surface area contributed by atoms with Crippen molar-refractivity contribution in [1.29, 1.82) is 0 Å². The summed E-state index contributed by atoms with van der Waals surface area (Å²) in [7, 11) is 0.